The first kappa shape index (κ1) is 21.1. The molecule has 1 heteroatoms. The molecule has 0 aromatic heterocycles. The molecule has 126 valence electrons. The molecule has 0 aliphatic heterocycles. The van der Waals surface area contributed by atoms with Gasteiger partial charge in [0.05, 0.1) is 6.61 Å². The zero-order chi connectivity index (χ0) is 16.8. The summed E-state index contributed by atoms with van der Waals surface area (Å²) in [7, 11) is 0. The Bertz CT molecular complexity index is 431. The van der Waals surface area contributed by atoms with Crippen molar-refractivity contribution >= 4 is 0 Å². The topological polar surface area (TPSA) is 20.2 Å². The lowest BCUT2D eigenvalue weighted by Crippen LogP contribution is -1.67. The first-order valence-corrected chi connectivity index (χ1v) is 8.59. The van der Waals surface area contributed by atoms with E-state index in [4.69, 9.17) is 5.11 Å². The summed E-state index contributed by atoms with van der Waals surface area (Å²) in [5.41, 5.74) is 0. The van der Waals surface area contributed by atoms with E-state index in [1.165, 1.54) is 0 Å². The molecular formula is C22H32O. The predicted octanol–water partition coefficient (Wildman–Crippen LogP) is 6.23. The second-order valence-electron chi connectivity index (χ2n) is 4.98. The smallest absolute Gasteiger partial charge is 0.0615 e. The van der Waals surface area contributed by atoms with Gasteiger partial charge in [-0.25, -0.2) is 0 Å². The fraction of sp³-hybridized carbons (Fsp3) is 0.364. The van der Waals surface area contributed by atoms with Crippen LogP contribution in [-0.2, 0) is 0 Å². The highest BCUT2D eigenvalue weighted by Gasteiger charge is 1.75. The van der Waals surface area contributed by atoms with E-state index in [0.29, 0.717) is 0 Å². The van der Waals surface area contributed by atoms with Crippen LogP contribution in [0.15, 0.2) is 85.1 Å². The van der Waals surface area contributed by atoms with Crippen molar-refractivity contribution in [1.82, 2.24) is 0 Å². The van der Waals surface area contributed by atoms with Gasteiger partial charge in [-0.05, 0) is 38.5 Å². The summed E-state index contributed by atoms with van der Waals surface area (Å²) >= 11 is 0. The number of rotatable bonds is 13. The third kappa shape index (κ3) is 20.1. The van der Waals surface area contributed by atoms with Crippen LogP contribution in [0.3, 0.4) is 0 Å². The molecule has 1 N–H and O–H groups in total. The fourth-order valence-corrected chi connectivity index (χ4v) is 1.72. The van der Waals surface area contributed by atoms with E-state index in [2.05, 4.69) is 73.8 Å². The van der Waals surface area contributed by atoms with E-state index in [1.807, 2.05) is 12.2 Å². The molecular weight excluding hydrogens is 280 g/mol. The van der Waals surface area contributed by atoms with Crippen LogP contribution in [0.5, 0.6) is 0 Å². The van der Waals surface area contributed by atoms with Crippen LogP contribution in [0, 0.1) is 0 Å². The normalized spacial score (nSPS) is 13.7. The molecule has 0 saturated carbocycles. The van der Waals surface area contributed by atoms with Crippen molar-refractivity contribution in [2.75, 3.05) is 6.61 Å². The second kappa shape index (κ2) is 20.1. The van der Waals surface area contributed by atoms with E-state index in [1.54, 1.807) is 6.08 Å². The van der Waals surface area contributed by atoms with Crippen LogP contribution < -0.4 is 0 Å². The molecule has 0 spiro atoms. The molecule has 0 heterocycles. The lowest BCUT2D eigenvalue weighted by Gasteiger charge is -1.85. The predicted molar refractivity (Wildman–Crippen MR) is 104 cm³/mol. The zero-order valence-electron chi connectivity index (χ0n) is 14.5. The van der Waals surface area contributed by atoms with Crippen LogP contribution in [0.2, 0.25) is 0 Å². The van der Waals surface area contributed by atoms with Gasteiger partial charge in [0.25, 0.3) is 0 Å². The number of hydrogen-bond acceptors (Lipinski definition) is 1. The number of aliphatic hydroxyl groups is 1. The third-order valence-corrected chi connectivity index (χ3v) is 2.92. The Morgan fingerprint density at radius 2 is 0.826 bits per heavy atom. The summed E-state index contributed by atoms with van der Waals surface area (Å²) in [5.74, 6) is 0. The van der Waals surface area contributed by atoms with Gasteiger partial charge in [-0.3, -0.25) is 0 Å². The Hall–Kier alpha value is -1.86. The minimum atomic E-state index is 0.103. The maximum Gasteiger partial charge on any atom is 0.0615 e. The van der Waals surface area contributed by atoms with E-state index in [-0.39, 0.29) is 6.61 Å². The van der Waals surface area contributed by atoms with Crippen LogP contribution in [0.1, 0.15) is 45.4 Å². The van der Waals surface area contributed by atoms with Crippen LogP contribution in [0.25, 0.3) is 0 Å². The summed E-state index contributed by atoms with van der Waals surface area (Å²) in [4.78, 5) is 0. The Kier molecular flexibility index (Phi) is 18.5. The van der Waals surface area contributed by atoms with Gasteiger partial charge in [-0.2, -0.15) is 0 Å². The Labute approximate surface area is 142 Å². The third-order valence-electron chi connectivity index (χ3n) is 2.92. The molecule has 0 aliphatic carbocycles. The first-order valence-electron chi connectivity index (χ1n) is 8.59. The van der Waals surface area contributed by atoms with E-state index >= 15 is 0 Å². The van der Waals surface area contributed by atoms with E-state index in [0.717, 1.165) is 38.5 Å². The molecule has 0 fully saturated rings. The summed E-state index contributed by atoms with van der Waals surface area (Å²) in [5, 5.41) is 8.56. The molecule has 0 bridgehead atoms. The summed E-state index contributed by atoms with van der Waals surface area (Å²) in [6.45, 7) is 2.26. The fourth-order valence-electron chi connectivity index (χ4n) is 1.72. The molecule has 23 heavy (non-hydrogen) atoms. The van der Waals surface area contributed by atoms with Crippen molar-refractivity contribution in [3.8, 4) is 0 Å². The van der Waals surface area contributed by atoms with Gasteiger partial charge in [-0.1, -0.05) is 92.0 Å². The molecule has 0 amide bonds. The molecule has 0 aromatic carbocycles. The monoisotopic (exact) mass is 312 g/mol. The van der Waals surface area contributed by atoms with Gasteiger partial charge in [0.15, 0.2) is 0 Å². The summed E-state index contributed by atoms with van der Waals surface area (Å²) in [6, 6.07) is 0. The van der Waals surface area contributed by atoms with Crippen molar-refractivity contribution in [2.24, 2.45) is 0 Å². The van der Waals surface area contributed by atoms with E-state index in [9.17, 15) is 0 Å². The average molecular weight is 312 g/mol. The highest BCUT2D eigenvalue weighted by atomic mass is 16.2. The van der Waals surface area contributed by atoms with Crippen molar-refractivity contribution in [3.05, 3.63) is 85.1 Å². The van der Waals surface area contributed by atoms with Gasteiger partial charge >= 0.3 is 0 Å². The zero-order valence-corrected chi connectivity index (χ0v) is 14.5. The molecule has 0 atom stereocenters. The highest BCUT2D eigenvalue weighted by Crippen LogP contribution is 1.96. The maximum atomic E-state index is 8.56. The molecule has 0 aliphatic rings. The minimum absolute atomic E-state index is 0.103. The van der Waals surface area contributed by atoms with Gasteiger partial charge in [-0.15, -0.1) is 0 Å². The standard InChI is InChI=1S/C22H32O/c1-2-3-4-5-6-7-8-9-10-11-12-13-14-15-16-17-18-19-20-21-22-23/h3-4,6-7,9-10,12-13,15-16,18-21,23H,2,5,8,11,14,17,22H2,1H3/b4-3+,7-6+,10-9+,13-12+,16-15+,19-18+,21-20+. The molecule has 0 radical (unpaired) electrons. The first-order chi connectivity index (χ1) is 11.4. The van der Waals surface area contributed by atoms with Crippen molar-refractivity contribution in [1.29, 1.82) is 0 Å². The van der Waals surface area contributed by atoms with E-state index < -0.39 is 0 Å². The summed E-state index contributed by atoms with van der Waals surface area (Å²) in [6.07, 6.45) is 35.7. The Balaban J connectivity index is 3.52. The van der Waals surface area contributed by atoms with Crippen molar-refractivity contribution in [3.63, 3.8) is 0 Å². The molecule has 1 nitrogen and oxygen atoms in total. The van der Waals surface area contributed by atoms with Gasteiger partial charge in [0.1, 0.15) is 0 Å². The second-order valence-corrected chi connectivity index (χ2v) is 4.98. The van der Waals surface area contributed by atoms with Crippen molar-refractivity contribution < 1.29 is 5.11 Å². The van der Waals surface area contributed by atoms with Crippen LogP contribution in [-0.4, -0.2) is 11.7 Å². The lowest BCUT2D eigenvalue weighted by molar-refractivity contribution is 0.343. The van der Waals surface area contributed by atoms with Crippen LogP contribution in [0.4, 0.5) is 0 Å². The maximum absolute atomic E-state index is 8.56. The van der Waals surface area contributed by atoms with Gasteiger partial charge in [0, 0.05) is 0 Å². The Morgan fingerprint density at radius 1 is 0.478 bits per heavy atom. The SMILES string of the molecule is CC/C=C/C/C=C/C/C=C/C/C=C/C/C=C/C/C=C/C=C/CO. The van der Waals surface area contributed by atoms with Crippen molar-refractivity contribution in [2.45, 2.75) is 45.4 Å². The largest absolute Gasteiger partial charge is 0.392 e. The Morgan fingerprint density at radius 3 is 1.22 bits per heavy atom. The average Bonchev–Trinajstić information content (AvgIpc) is 2.57. The molecule has 0 unspecified atom stereocenters. The molecule has 0 aromatic rings. The lowest BCUT2D eigenvalue weighted by atomic mass is 10.2. The highest BCUT2D eigenvalue weighted by molar-refractivity contribution is 5.06. The molecule has 0 rings (SSSR count). The molecule has 0 saturated heterocycles. The number of aliphatic hydroxyl groups excluding tert-OH is 1. The summed E-state index contributed by atoms with van der Waals surface area (Å²) < 4.78 is 0. The van der Waals surface area contributed by atoms with Gasteiger partial charge in [0.2, 0.25) is 0 Å². The number of hydrogen-bond donors (Lipinski definition) is 1. The van der Waals surface area contributed by atoms with Crippen LogP contribution >= 0.6 is 0 Å². The minimum Gasteiger partial charge on any atom is -0.392 e. The van der Waals surface area contributed by atoms with Gasteiger partial charge < -0.3 is 5.11 Å². The quantitative estimate of drug-likeness (QED) is 0.315. The number of allylic oxidation sites excluding steroid dienone is 13.